The summed E-state index contributed by atoms with van der Waals surface area (Å²) < 4.78 is 12.1. The first-order chi connectivity index (χ1) is 14.7. The third-order valence-electron chi connectivity index (χ3n) is 6.65. The molecule has 3 heteroatoms. The highest BCUT2D eigenvalue weighted by Crippen LogP contribution is 2.31. The number of rotatable bonds is 25. The van der Waals surface area contributed by atoms with Gasteiger partial charge in [0.25, 0.3) is 0 Å². The van der Waals surface area contributed by atoms with Gasteiger partial charge < -0.3 is 9.16 Å². The standard InChI is InChI=1S/C27H58O2Si/c1-5-8-11-14-17-20-25-30(29-24-23-28-4,26-21-18-15-12-9-6-2)27-22-19-16-13-10-7-3/h5-27H2,1-4H3. The van der Waals surface area contributed by atoms with Crippen molar-refractivity contribution < 1.29 is 9.16 Å². The van der Waals surface area contributed by atoms with Crippen LogP contribution in [0.3, 0.4) is 0 Å². The first-order valence-electron chi connectivity index (χ1n) is 13.9. The van der Waals surface area contributed by atoms with Crippen LogP contribution in [-0.4, -0.2) is 28.6 Å². The molecule has 182 valence electrons. The number of unbranched alkanes of at least 4 members (excludes halogenated alkanes) is 15. The average molecular weight is 443 g/mol. The fourth-order valence-electron chi connectivity index (χ4n) is 4.62. The third kappa shape index (κ3) is 18.9. The second-order valence-corrected chi connectivity index (χ2v) is 13.7. The van der Waals surface area contributed by atoms with E-state index >= 15 is 0 Å². The second-order valence-electron chi connectivity index (χ2n) is 9.58. The van der Waals surface area contributed by atoms with E-state index in [1.807, 2.05) is 7.11 Å². The number of hydrogen-bond donors (Lipinski definition) is 0. The Kier molecular flexibility index (Phi) is 23.9. The molecule has 0 aliphatic rings. The molecule has 0 radical (unpaired) electrons. The molecule has 0 aromatic rings. The first-order valence-corrected chi connectivity index (χ1v) is 16.4. The SMILES string of the molecule is CCCCCCCC[Si](CCCCCCCC)(CCCCCCCC)OCCOC. The lowest BCUT2D eigenvalue weighted by Gasteiger charge is -2.32. The van der Waals surface area contributed by atoms with Crippen LogP contribution < -0.4 is 0 Å². The Morgan fingerprint density at radius 3 is 1.10 bits per heavy atom. The normalized spacial score (nSPS) is 12.0. The molecule has 0 saturated carbocycles. The quantitative estimate of drug-likeness (QED) is 0.103. The number of ether oxygens (including phenoxy) is 1. The summed E-state index contributed by atoms with van der Waals surface area (Å²) in [7, 11) is 0.189. The van der Waals surface area contributed by atoms with Gasteiger partial charge in [0, 0.05) is 7.11 Å². The molecule has 0 atom stereocenters. The maximum Gasteiger partial charge on any atom is 0.192 e. The lowest BCUT2D eigenvalue weighted by molar-refractivity contribution is 0.140. The molecule has 2 nitrogen and oxygen atoms in total. The van der Waals surface area contributed by atoms with Gasteiger partial charge in [-0.3, -0.25) is 0 Å². The zero-order chi connectivity index (χ0) is 22.2. The Labute approximate surface area is 192 Å². The minimum absolute atomic E-state index is 0.762. The van der Waals surface area contributed by atoms with Gasteiger partial charge in [-0.2, -0.15) is 0 Å². The molecule has 0 amide bonds. The first kappa shape index (κ1) is 30.1. The van der Waals surface area contributed by atoms with E-state index in [0.717, 1.165) is 13.2 Å². The summed E-state index contributed by atoms with van der Waals surface area (Å²) in [6.45, 7) is 8.51. The molecule has 0 saturated heterocycles. The third-order valence-corrected chi connectivity index (χ3v) is 11.3. The number of methoxy groups -OCH3 is 1. The number of hydrogen-bond acceptors (Lipinski definition) is 2. The summed E-state index contributed by atoms with van der Waals surface area (Å²) in [4.78, 5) is 0. The lowest BCUT2D eigenvalue weighted by Crippen LogP contribution is -2.39. The fraction of sp³-hybridized carbons (Fsp3) is 1.00. The maximum atomic E-state index is 6.77. The molecule has 0 bridgehead atoms. The zero-order valence-corrected chi connectivity index (χ0v) is 22.6. The summed E-state index contributed by atoms with van der Waals surface area (Å²) in [6, 6.07) is 4.19. The smallest absolute Gasteiger partial charge is 0.192 e. The van der Waals surface area contributed by atoms with Gasteiger partial charge in [0.05, 0.1) is 13.2 Å². The van der Waals surface area contributed by atoms with Crippen molar-refractivity contribution in [3.05, 3.63) is 0 Å². The van der Waals surface area contributed by atoms with Crippen LogP contribution in [0, 0.1) is 0 Å². The van der Waals surface area contributed by atoms with Crippen LogP contribution >= 0.6 is 0 Å². The van der Waals surface area contributed by atoms with E-state index < -0.39 is 8.32 Å². The summed E-state index contributed by atoms with van der Waals surface area (Å²) in [6.07, 6.45) is 25.2. The Hall–Kier alpha value is 0.137. The topological polar surface area (TPSA) is 18.5 Å². The molecule has 0 aliphatic carbocycles. The van der Waals surface area contributed by atoms with Crippen LogP contribution in [0.1, 0.15) is 136 Å². The van der Waals surface area contributed by atoms with Gasteiger partial charge in [-0.25, -0.2) is 0 Å². The van der Waals surface area contributed by atoms with Crippen LogP contribution in [0.5, 0.6) is 0 Å². The van der Waals surface area contributed by atoms with Gasteiger partial charge >= 0.3 is 0 Å². The molecule has 0 aromatic carbocycles. The molecule has 0 fully saturated rings. The van der Waals surface area contributed by atoms with Gasteiger partial charge in [-0.05, 0) is 18.1 Å². The van der Waals surface area contributed by atoms with Gasteiger partial charge in [-0.15, -0.1) is 0 Å². The Bertz CT molecular complexity index is 281. The van der Waals surface area contributed by atoms with Gasteiger partial charge in [0.1, 0.15) is 0 Å². The van der Waals surface area contributed by atoms with Crippen LogP contribution in [-0.2, 0) is 9.16 Å². The molecular weight excluding hydrogens is 384 g/mol. The van der Waals surface area contributed by atoms with Crippen molar-refractivity contribution in [2.24, 2.45) is 0 Å². The zero-order valence-electron chi connectivity index (χ0n) is 21.6. The van der Waals surface area contributed by atoms with Crippen molar-refractivity contribution in [3.8, 4) is 0 Å². The van der Waals surface area contributed by atoms with E-state index in [2.05, 4.69) is 20.8 Å². The van der Waals surface area contributed by atoms with Gasteiger partial charge in [-0.1, -0.05) is 136 Å². The van der Waals surface area contributed by atoms with Crippen molar-refractivity contribution in [1.29, 1.82) is 0 Å². The highest BCUT2D eigenvalue weighted by atomic mass is 28.4. The monoisotopic (exact) mass is 442 g/mol. The minimum atomic E-state index is -1.62. The van der Waals surface area contributed by atoms with Crippen molar-refractivity contribution in [2.45, 2.75) is 154 Å². The van der Waals surface area contributed by atoms with E-state index in [-0.39, 0.29) is 0 Å². The molecule has 0 aromatic heterocycles. The Morgan fingerprint density at radius 1 is 0.433 bits per heavy atom. The maximum absolute atomic E-state index is 6.77. The van der Waals surface area contributed by atoms with Crippen molar-refractivity contribution in [3.63, 3.8) is 0 Å². The van der Waals surface area contributed by atoms with Crippen LogP contribution in [0.25, 0.3) is 0 Å². The molecule has 0 aliphatic heterocycles. The van der Waals surface area contributed by atoms with E-state index in [4.69, 9.17) is 9.16 Å². The van der Waals surface area contributed by atoms with Crippen LogP contribution in [0.4, 0.5) is 0 Å². The van der Waals surface area contributed by atoms with Crippen LogP contribution in [0.2, 0.25) is 18.1 Å². The molecule has 0 N–H and O–H groups in total. The van der Waals surface area contributed by atoms with Gasteiger partial charge in [0.15, 0.2) is 8.32 Å². The van der Waals surface area contributed by atoms with Crippen molar-refractivity contribution in [2.75, 3.05) is 20.3 Å². The fourth-order valence-corrected chi connectivity index (χ4v) is 9.00. The molecule has 0 spiro atoms. The largest absolute Gasteiger partial charge is 0.414 e. The van der Waals surface area contributed by atoms with E-state index in [1.54, 1.807) is 0 Å². The summed E-state index contributed by atoms with van der Waals surface area (Å²) in [5.74, 6) is 0. The highest BCUT2D eigenvalue weighted by Gasteiger charge is 2.33. The molecule has 0 unspecified atom stereocenters. The molecule has 0 heterocycles. The van der Waals surface area contributed by atoms with Crippen molar-refractivity contribution in [1.82, 2.24) is 0 Å². The lowest BCUT2D eigenvalue weighted by atomic mass is 10.1. The van der Waals surface area contributed by atoms with E-state index in [0.29, 0.717) is 0 Å². The summed E-state index contributed by atoms with van der Waals surface area (Å²) in [5.41, 5.74) is 0. The van der Waals surface area contributed by atoms with Gasteiger partial charge in [0.2, 0.25) is 0 Å². The summed E-state index contributed by atoms with van der Waals surface area (Å²) in [5, 5.41) is 0. The molecule has 0 rings (SSSR count). The van der Waals surface area contributed by atoms with Crippen LogP contribution in [0.15, 0.2) is 0 Å². The minimum Gasteiger partial charge on any atom is -0.414 e. The van der Waals surface area contributed by atoms with E-state index in [1.165, 1.54) is 134 Å². The Morgan fingerprint density at radius 2 is 0.767 bits per heavy atom. The second kappa shape index (κ2) is 23.8. The molecular formula is C27H58O2Si. The predicted octanol–water partition coefficient (Wildman–Crippen LogP) is 9.68. The van der Waals surface area contributed by atoms with Crippen molar-refractivity contribution >= 4 is 8.32 Å². The Balaban J connectivity index is 4.61. The van der Waals surface area contributed by atoms with E-state index in [9.17, 15) is 0 Å². The summed E-state index contributed by atoms with van der Waals surface area (Å²) >= 11 is 0. The highest BCUT2D eigenvalue weighted by molar-refractivity contribution is 6.73. The average Bonchev–Trinajstić information content (AvgIpc) is 2.75. The molecule has 30 heavy (non-hydrogen) atoms. The predicted molar refractivity (Wildman–Crippen MR) is 138 cm³/mol.